The highest BCUT2D eigenvalue weighted by molar-refractivity contribution is 5.77. The van der Waals surface area contributed by atoms with E-state index in [4.69, 9.17) is 5.73 Å². The minimum Gasteiger partial charge on any atom is -0.340 e. The molecule has 94 valence electrons. The summed E-state index contributed by atoms with van der Waals surface area (Å²) in [5.74, 6) is 0.267. The normalized spacial score (nSPS) is 23.9. The van der Waals surface area contributed by atoms with Gasteiger partial charge in [0.1, 0.15) is 0 Å². The second-order valence-corrected chi connectivity index (χ2v) is 4.87. The second-order valence-electron chi connectivity index (χ2n) is 4.87. The van der Waals surface area contributed by atoms with Gasteiger partial charge in [0, 0.05) is 25.0 Å². The van der Waals surface area contributed by atoms with Crippen molar-refractivity contribution in [3.8, 4) is 0 Å². The van der Waals surface area contributed by atoms with Gasteiger partial charge in [-0.2, -0.15) is 0 Å². The summed E-state index contributed by atoms with van der Waals surface area (Å²) in [5.41, 5.74) is 5.86. The summed E-state index contributed by atoms with van der Waals surface area (Å²) >= 11 is 0. The summed E-state index contributed by atoms with van der Waals surface area (Å²) in [7, 11) is 0. The summed E-state index contributed by atoms with van der Waals surface area (Å²) in [4.78, 5) is 14.2. The van der Waals surface area contributed by atoms with Crippen molar-refractivity contribution in [1.29, 1.82) is 0 Å². The molecule has 1 fully saturated rings. The number of carbonyl (C=O) groups is 1. The molecule has 0 bridgehead atoms. The van der Waals surface area contributed by atoms with Gasteiger partial charge in [0.2, 0.25) is 5.91 Å². The summed E-state index contributed by atoms with van der Waals surface area (Å²) in [6.45, 7) is 5.15. The minimum atomic E-state index is 0.0354. The van der Waals surface area contributed by atoms with E-state index >= 15 is 0 Å². The first-order valence-corrected chi connectivity index (χ1v) is 6.74. The van der Waals surface area contributed by atoms with Crippen molar-refractivity contribution in [3.63, 3.8) is 0 Å². The molecule has 3 heteroatoms. The van der Waals surface area contributed by atoms with Gasteiger partial charge in [-0.1, -0.05) is 26.7 Å². The summed E-state index contributed by atoms with van der Waals surface area (Å²) in [6.07, 6.45) is 7.34. The first kappa shape index (κ1) is 13.5. The van der Waals surface area contributed by atoms with E-state index in [2.05, 4.69) is 11.8 Å². The topological polar surface area (TPSA) is 46.3 Å². The van der Waals surface area contributed by atoms with Crippen molar-refractivity contribution >= 4 is 5.91 Å². The molecule has 0 saturated carbocycles. The number of nitrogens with two attached hydrogens (primary N) is 1. The molecule has 0 radical (unpaired) electrons. The molecule has 0 aromatic carbocycles. The maximum absolute atomic E-state index is 12.1. The highest BCUT2D eigenvalue weighted by Gasteiger charge is 2.24. The van der Waals surface area contributed by atoms with Crippen LogP contribution in [0.3, 0.4) is 0 Å². The number of likely N-dealkylation sites (tertiary alicyclic amines) is 1. The lowest BCUT2D eigenvalue weighted by Crippen LogP contribution is -2.42. The van der Waals surface area contributed by atoms with E-state index in [1.54, 1.807) is 0 Å². The second kappa shape index (κ2) is 6.89. The van der Waals surface area contributed by atoms with Crippen LogP contribution in [-0.4, -0.2) is 29.4 Å². The third-order valence-electron chi connectivity index (χ3n) is 3.63. The number of amides is 1. The van der Waals surface area contributed by atoms with Crippen LogP contribution in [0.1, 0.15) is 58.8 Å². The summed E-state index contributed by atoms with van der Waals surface area (Å²) in [6, 6.07) is 0.493. The van der Waals surface area contributed by atoms with Gasteiger partial charge in [0.25, 0.3) is 0 Å². The molecule has 1 rings (SSSR count). The van der Waals surface area contributed by atoms with Crippen LogP contribution in [0.15, 0.2) is 0 Å². The highest BCUT2D eigenvalue weighted by Crippen LogP contribution is 2.20. The first-order valence-electron chi connectivity index (χ1n) is 6.74. The van der Waals surface area contributed by atoms with E-state index < -0.39 is 0 Å². The Morgan fingerprint density at radius 1 is 1.38 bits per heavy atom. The Morgan fingerprint density at radius 3 is 2.75 bits per heavy atom. The molecule has 1 aliphatic rings. The van der Waals surface area contributed by atoms with Crippen LogP contribution in [0.4, 0.5) is 0 Å². The van der Waals surface area contributed by atoms with E-state index in [0.29, 0.717) is 12.5 Å². The van der Waals surface area contributed by atoms with Gasteiger partial charge < -0.3 is 10.6 Å². The quantitative estimate of drug-likeness (QED) is 0.799. The zero-order valence-corrected chi connectivity index (χ0v) is 10.7. The van der Waals surface area contributed by atoms with E-state index in [1.807, 2.05) is 6.92 Å². The van der Waals surface area contributed by atoms with Crippen LogP contribution in [0, 0.1) is 0 Å². The molecular weight excluding hydrogens is 200 g/mol. The molecule has 0 spiro atoms. The Bertz CT molecular complexity index is 218. The van der Waals surface area contributed by atoms with Crippen LogP contribution in [0.2, 0.25) is 0 Å². The molecule has 0 aromatic rings. The van der Waals surface area contributed by atoms with Crippen molar-refractivity contribution < 1.29 is 4.79 Å². The van der Waals surface area contributed by atoms with Crippen molar-refractivity contribution in [3.05, 3.63) is 0 Å². The molecule has 3 nitrogen and oxygen atoms in total. The fourth-order valence-electron chi connectivity index (χ4n) is 2.42. The van der Waals surface area contributed by atoms with Crippen molar-refractivity contribution in [1.82, 2.24) is 4.90 Å². The van der Waals surface area contributed by atoms with Crippen molar-refractivity contribution in [2.24, 2.45) is 5.73 Å². The molecule has 1 heterocycles. The Hall–Kier alpha value is -0.570. The average molecular weight is 226 g/mol. The lowest BCUT2D eigenvalue weighted by molar-refractivity contribution is -0.133. The smallest absolute Gasteiger partial charge is 0.224 e. The van der Waals surface area contributed by atoms with Gasteiger partial charge in [0.15, 0.2) is 0 Å². The molecule has 0 aliphatic carbocycles. The van der Waals surface area contributed by atoms with E-state index in [1.165, 1.54) is 19.3 Å². The number of hydrogen-bond donors (Lipinski definition) is 1. The molecule has 1 amide bonds. The van der Waals surface area contributed by atoms with Gasteiger partial charge in [0.05, 0.1) is 0 Å². The van der Waals surface area contributed by atoms with Crippen LogP contribution in [0.5, 0.6) is 0 Å². The van der Waals surface area contributed by atoms with Crippen molar-refractivity contribution in [2.75, 3.05) is 6.54 Å². The average Bonchev–Trinajstić information content (AvgIpc) is 2.53. The van der Waals surface area contributed by atoms with Crippen LogP contribution >= 0.6 is 0 Å². The predicted octanol–water partition coefficient (Wildman–Crippen LogP) is 2.29. The third kappa shape index (κ3) is 3.78. The van der Waals surface area contributed by atoms with Gasteiger partial charge in [-0.3, -0.25) is 4.79 Å². The van der Waals surface area contributed by atoms with Gasteiger partial charge in [-0.15, -0.1) is 0 Å². The number of hydrogen-bond acceptors (Lipinski definition) is 2. The fraction of sp³-hybridized carbons (Fsp3) is 0.923. The van der Waals surface area contributed by atoms with Gasteiger partial charge >= 0.3 is 0 Å². The lowest BCUT2D eigenvalue weighted by atomic mass is 10.1. The predicted molar refractivity (Wildman–Crippen MR) is 67.1 cm³/mol. The monoisotopic (exact) mass is 226 g/mol. The molecule has 0 aromatic heterocycles. The Morgan fingerprint density at radius 2 is 2.12 bits per heavy atom. The Kier molecular flexibility index (Phi) is 5.81. The zero-order valence-electron chi connectivity index (χ0n) is 10.7. The third-order valence-corrected chi connectivity index (χ3v) is 3.63. The highest BCUT2D eigenvalue weighted by atomic mass is 16.2. The molecular formula is C13H26N2O. The lowest BCUT2D eigenvalue weighted by Gasteiger charge is -2.30. The molecule has 16 heavy (non-hydrogen) atoms. The molecule has 2 atom stereocenters. The standard InChI is InChI=1S/C13H26N2O/c1-3-11(14)10-13(16)15-9-7-5-6-8-12(15)4-2/h11-12H,3-10,14H2,1-2H3. The van der Waals surface area contributed by atoms with E-state index in [-0.39, 0.29) is 11.9 Å². The maximum Gasteiger partial charge on any atom is 0.224 e. The van der Waals surface area contributed by atoms with Crippen molar-refractivity contribution in [2.45, 2.75) is 70.9 Å². The van der Waals surface area contributed by atoms with E-state index in [0.717, 1.165) is 25.8 Å². The fourth-order valence-corrected chi connectivity index (χ4v) is 2.42. The molecule has 2 unspecified atom stereocenters. The molecule has 1 aliphatic heterocycles. The largest absolute Gasteiger partial charge is 0.340 e. The molecule has 2 N–H and O–H groups in total. The van der Waals surface area contributed by atoms with Gasteiger partial charge in [-0.05, 0) is 25.7 Å². The van der Waals surface area contributed by atoms with Crippen LogP contribution in [-0.2, 0) is 4.79 Å². The zero-order chi connectivity index (χ0) is 12.0. The maximum atomic E-state index is 12.1. The van der Waals surface area contributed by atoms with E-state index in [9.17, 15) is 4.79 Å². The van der Waals surface area contributed by atoms with Crippen LogP contribution < -0.4 is 5.73 Å². The minimum absolute atomic E-state index is 0.0354. The molecule has 1 saturated heterocycles. The Labute approximate surface area is 99.4 Å². The number of carbonyl (C=O) groups excluding carboxylic acids is 1. The number of nitrogens with zero attached hydrogens (tertiary/aromatic N) is 1. The summed E-state index contributed by atoms with van der Waals surface area (Å²) in [5, 5.41) is 0. The SMILES string of the molecule is CCC(N)CC(=O)N1CCCCCC1CC. The summed E-state index contributed by atoms with van der Waals surface area (Å²) < 4.78 is 0. The Balaban J connectivity index is 2.55. The first-order chi connectivity index (χ1) is 7.69. The van der Waals surface area contributed by atoms with Gasteiger partial charge in [-0.25, -0.2) is 0 Å². The number of rotatable bonds is 4. The van der Waals surface area contributed by atoms with Crippen LogP contribution in [0.25, 0.3) is 0 Å².